The van der Waals surface area contributed by atoms with E-state index in [-0.39, 0.29) is 48.8 Å². The summed E-state index contributed by atoms with van der Waals surface area (Å²) in [5, 5.41) is 0. The fraction of sp³-hybridized carbons (Fsp3) is 0.810. The minimum absolute atomic E-state index is 0.00869. The molecule has 4 aliphatic heterocycles. The summed E-state index contributed by atoms with van der Waals surface area (Å²) in [7, 11) is 3.95. The first-order valence-electron chi connectivity index (χ1n) is 39.8. The van der Waals surface area contributed by atoms with E-state index in [1.807, 2.05) is 49.3 Å². The standard InChI is InChI=1S/C84H140N2O10S2/c1-59(2)23-17-25-61(5)27-19-29-63(7)31-21-45-83(15)47-37-73-69(13)79(65(9)67(11)81(73)95-83)93-77(89)35-33-75(87)91-55-43-71-39-49-85(50-40-71)53-57-97-98-58-54-86-51-41-72(42-52-86)44-56-92-76(88)34-36-78(90)94-80-66(10)68(12)82-74(70(80)14)38-48-84(16,96-82)46-22-32-64(8)30-20-28-62(6)26-18-24-60(3)4/h59-64,71-72H,17-58H2,1-16H3. The number of hydrogen-bond donors (Lipinski definition) is 0. The quantitative estimate of drug-likeness (QED) is 0.0270. The topological polar surface area (TPSA) is 130 Å². The molecule has 0 aromatic heterocycles. The Bertz CT molecular complexity index is 2570. The highest BCUT2D eigenvalue weighted by Gasteiger charge is 2.37. The second kappa shape index (κ2) is 43.0. The molecule has 2 saturated heterocycles. The van der Waals surface area contributed by atoms with Crippen LogP contribution < -0.4 is 18.9 Å². The van der Waals surface area contributed by atoms with E-state index in [4.69, 9.17) is 28.4 Å². The van der Waals surface area contributed by atoms with Crippen LogP contribution in [-0.4, -0.2) is 109 Å². The molecule has 98 heavy (non-hydrogen) atoms. The number of esters is 4. The largest absolute Gasteiger partial charge is 0.487 e. The van der Waals surface area contributed by atoms with Gasteiger partial charge >= 0.3 is 23.9 Å². The van der Waals surface area contributed by atoms with E-state index in [1.54, 1.807) is 0 Å². The van der Waals surface area contributed by atoms with Gasteiger partial charge in [-0.1, -0.05) is 167 Å². The zero-order valence-corrected chi connectivity index (χ0v) is 66.7. The molecule has 0 radical (unpaired) electrons. The Balaban J connectivity index is 0.740. The number of carbonyl (C=O) groups excluding carboxylic acids is 4. The predicted molar refractivity (Wildman–Crippen MR) is 410 cm³/mol. The number of carbonyl (C=O) groups is 4. The maximum absolute atomic E-state index is 13.2. The Hall–Kier alpha value is -3.46. The van der Waals surface area contributed by atoms with E-state index in [2.05, 4.69) is 92.9 Å². The van der Waals surface area contributed by atoms with Gasteiger partial charge in [0.2, 0.25) is 0 Å². The summed E-state index contributed by atoms with van der Waals surface area (Å²) in [5.41, 5.74) is 7.72. The number of ether oxygens (including phenoxy) is 6. The van der Waals surface area contributed by atoms with Crippen molar-refractivity contribution in [3.05, 3.63) is 44.5 Å². The van der Waals surface area contributed by atoms with E-state index in [0.717, 1.165) is 219 Å². The molecule has 0 amide bonds. The van der Waals surface area contributed by atoms with Crippen molar-refractivity contribution in [1.82, 2.24) is 9.80 Å². The summed E-state index contributed by atoms with van der Waals surface area (Å²) in [5.74, 6) is 9.71. The van der Waals surface area contributed by atoms with Gasteiger partial charge in [-0.2, -0.15) is 0 Å². The van der Waals surface area contributed by atoms with Crippen LogP contribution in [0.2, 0.25) is 0 Å². The van der Waals surface area contributed by atoms with Gasteiger partial charge in [-0.25, -0.2) is 0 Å². The van der Waals surface area contributed by atoms with E-state index >= 15 is 0 Å². The minimum Gasteiger partial charge on any atom is -0.487 e. The van der Waals surface area contributed by atoms with Crippen molar-refractivity contribution in [1.29, 1.82) is 0 Å². The first-order chi connectivity index (χ1) is 46.7. The molecule has 0 bridgehead atoms. The van der Waals surface area contributed by atoms with E-state index < -0.39 is 11.9 Å². The predicted octanol–water partition coefficient (Wildman–Crippen LogP) is 21.3. The van der Waals surface area contributed by atoms with Gasteiger partial charge in [0.15, 0.2) is 0 Å². The van der Waals surface area contributed by atoms with Gasteiger partial charge in [-0.05, 0) is 252 Å². The van der Waals surface area contributed by atoms with Crippen LogP contribution in [0.4, 0.5) is 0 Å². The van der Waals surface area contributed by atoms with Crippen molar-refractivity contribution in [2.45, 2.75) is 327 Å². The van der Waals surface area contributed by atoms with Crippen LogP contribution in [-0.2, 0) is 41.5 Å². The van der Waals surface area contributed by atoms with E-state index in [0.29, 0.717) is 36.5 Å². The molecule has 0 spiro atoms. The summed E-state index contributed by atoms with van der Waals surface area (Å²) >= 11 is 0. The Morgan fingerprint density at radius 3 is 1.09 bits per heavy atom. The van der Waals surface area contributed by atoms with Crippen LogP contribution in [0.15, 0.2) is 0 Å². The Morgan fingerprint density at radius 1 is 0.439 bits per heavy atom. The van der Waals surface area contributed by atoms with Crippen LogP contribution in [0.3, 0.4) is 0 Å². The zero-order valence-electron chi connectivity index (χ0n) is 65.1. The molecule has 2 aromatic rings. The smallest absolute Gasteiger partial charge is 0.311 e. The van der Waals surface area contributed by atoms with Crippen molar-refractivity contribution < 1.29 is 47.6 Å². The van der Waals surface area contributed by atoms with Crippen LogP contribution in [0.5, 0.6) is 23.0 Å². The molecular weight excluding hydrogens is 1260 g/mol. The molecule has 6 atom stereocenters. The first-order valence-corrected chi connectivity index (χ1v) is 42.3. The maximum Gasteiger partial charge on any atom is 0.311 e. The van der Waals surface area contributed by atoms with Crippen LogP contribution in [0.25, 0.3) is 0 Å². The lowest BCUT2D eigenvalue weighted by Crippen LogP contribution is -2.37. The van der Waals surface area contributed by atoms with Crippen molar-refractivity contribution in [2.24, 2.45) is 47.3 Å². The molecule has 6 unspecified atom stereocenters. The normalized spacial score (nSPS) is 19.9. The highest BCUT2D eigenvalue weighted by Crippen LogP contribution is 2.47. The monoisotopic (exact) mass is 1400 g/mol. The molecule has 0 aliphatic carbocycles. The number of likely N-dealkylation sites (tertiary alicyclic amines) is 2. The summed E-state index contributed by atoms with van der Waals surface area (Å²) in [6.07, 6.45) is 32.9. The lowest BCUT2D eigenvalue weighted by Gasteiger charge is -2.38. The van der Waals surface area contributed by atoms with Gasteiger partial charge in [0.05, 0.1) is 38.9 Å². The molecule has 6 rings (SSSR count). The number of fused-ring (bicyclic) bond motifs is 2. The van der Waals surface area contributed by atoms with Crippen LogP contribution in [0, 0.1) is 88.9 Å². The third-order valence-electron chi connectivity index (χ3n) is 23.2. The average Bonchev–Trinajstić information content (AvgIpc) is 0.767. The van der Waals surface area contributed by atoms with Crippen molar-refractivity contribution >= 4 is 45.5 Å². The SMILES string of the molecule is Cc1c(C)c2c(c(C)c1OC(=O)CCC(=O)OCCC1CCN(CCSSCCN3CCC(CCOC(=O)CCC(=O)Oc4c(C)c(C)c5c(c4C)CCC(C)(CCCC(C)CCCC(C)CCCC(C)C)O5)CC3)CC1)CCC(C)(CCCC(C)CCCC(C)CCCC(C)C)O2. The maximum atomic E-state index is 13.2. The van der Waals surface area contributed by atoms with Crippen molar-refractivity contribution in [3.8, 4) is 23.0 Å². The highest BCUT2D eigenvalue weighted by molar-refractivity contribution is 8.76. The number of nitrogens with zero attached hydrogens (tertiary/aromatic N) is 2. The first kappa shape index (κ1) is 83.5. The summed E-state index contributed by atoms with van der Waals surface area (Å²) in [6.45, 7) is 43.1. The second-order valence-electron chi connectivity index (χ2n) is 33.0. The Labute approximate surface area is 605 Å². The second-order valence-corrected chi connectivity index (χ2v) is 35.7. The lowest BCUT2D eigenvalue weighted by atomic mass is 9.83. The Morgan fingerprint density at radius 2 is 0.755 bits per heavy atom. The number of hydrogen-bond acceptors (Lipinski definition) is 14. The summed E-state index contributed by atoms with van der Waals surface area (Å²) in [4.78, 5) is 57.1. The Kier molecular flexibility index (Phi) is 36.6. The van der Waals surface area contributed by atoms with E-state index in [9.17, 15) is 19.2 Å². The number of rotatable bonds is 45. The third kappa shape index (κ3) is 29.0. The molecule has 0 saturated carbocycles. The number of piperidine rings is 2. The molecule has 2 aromatic carbocycles. The fourth-order valence-electron chi connectivity index (χ4n) is 15.8. The van der Waals surface area contributed by atoms with Gasteiger partial charge in [0, 0.05) is 35.7 Å². The van der Waals surface area contributed by atoms with Crippen molar-refractivity contribution in [2.75, 3.05) is 64.0 Å². The van der Waals surface area contributed by atoms with Gasteiger partial charge in [0.1, 0.15) is 34.2 Å². The number of benzene rings is 2. The molecule has 4 aliphatic rings. The van der Waals surface area contributed by atoms with Gasteiger partial charge in [-0.15, -0.1) is 0 Å². The lowest BCUT2D eigenvalue weighted by molar-refractivity contribution is -0.147. The molecule has 14 heteroatoms. The minimum atomic E-state index is -0.404. The molecule has 558 valence electrons. The zero-order chi connectivity index (χ0) is 71.4. The molecule has 2 fully saturated rings. The molecule has 0 N–H and O–H groups in total. The fourth-order valence-corrected chi connectivity index (χ4v) is 17.9. The highest BCUT2D eigenvalue weighted by atomic mass is 33.1. The van der Waals surface area contributed by atoms with Gasteiger partial charge in [0.25, 0.3) is 0 Å². The molecule has 4 heterocycles. The van der Waals surface area contributed by atoms with Crippen LogP contribution in [0.1, 0.15) is 306 Å². The van der Waals surface area contributed by atoms with E-state index in [1.165, 1.54) is 103 Å². The molecule has 12 nitrogen and oxygen atoms in total. The average molecular weight is 1400 g/mol. The summed E-state index contributed by atoms with van der Waals surface area (Å²) < 4.78 is 37.0. The van der Waals surface area contributed by atoms with Gasteiger partial charge in [-0.3, -0.25) is 19.2 Å². The summed E-state index contributed by atoms with van der Waals surface area (Å²) in [6, 6.07) is 0. The van der Waals surface area contributed by atoms with Gasteiger partial charge < -0.3 is 38.2 Å². The molecular formula is C84H140N2O10S2. The third-order valence-corrected chi connectivity index (χ3v) is 25.6. The van der Waals surface area contributed by atoms with Crippen LogP contribution >= 0.6 is 21.6 Å². The van der Waals surface area contributed by atoms with Crippen molar-refractivity contribution in [3.63, 3.8) is 0 Å².